The van der Waals surface area contributed by atoms with Gasteiger partial charge in [0.05, 0.1) is 6.61 Å². The summed E-state index contributed by atoms with van der Waals surface area (Å²) in [6.45, 7) is 14.1. The van der Waals surface area contributed by atoms with Crippen LogP contribution in [-0.4, -0.2) is 55.6 Å². The van der Waals surface area contributed by atoms with Crippen LogP contribution >= 0.6 is 11.8 Å². The molecule has 0 aromatic rings. The van der Waals surface area contributed by atoms with Crippen molar-refractivity contribution in [3.8, 4) is 0 Å². The van der Waals surface area contributed by atoms with Crippen molar-refractivity contribution in [1.29, 1.82) is 0 Å². The molecule has 1 heterocycles. The van der Waals surface area contributed by atoms with Gasteiger partial charge in [-0.25, -0.2) is 0 Å². The molecule has 1 aliphatic heterocycles. The number of hydrogen-bond acceptors (Lipinski definition) is 5. The smallest absolute Gasteiger partial charge is 0.193 e. The van der Waals surface area contributed by atoms with Gasteiger partial charge in [0, 0.05) is 44.6 Å². The van der Waals surface area contributed by atoms with Crippen LogP contribution in [0.1, 0.15) is 40.0 Å². The van der Waals surface area contributed by atoms with Crippen LogP contribution in [-0.2, 0) is 9.47 Å². The first-order valence-corrected chi connectivity index (χ1v) is 11.7. The van der Waals surface area contributed by atoms with Gasteiger partial charge in [0.15, 0.2) is 5.90 Å². The molecule has 0 bridgehead atoms. The van der Waals surface area contributed by atoms with Crippen molar-refractivity contribution in [2.75, 3.05) is 44.8 Å². The summed E-state index contributed by atoms with van der Waals surface area (Å²) in [5.41, 5.74) is 1.19. The average molecular weight is 419 g/mol. The molecule has 4 nitrogen and oxygen atoms in total. The van der Waals surface area contributed by atoms with E-state index < -0.39 is 0 Å². The predicted octanol–water partition coefficient (Wildman–Crippen LogP) is 5.76. The zero-order valence-corrected chi connectivity index (χ0v) is 19.5. The second kappa shape index (κ2) is 16.1. The van der Waals surface area contributed by atoms with Crippen LogP contribution in [0.2, 0.25) is 0 Å². The molecule has 0 aromatic heterocycles. The number of aliphatic imine (C=N–C) groups is 1. The summed E-state index contributed by atoms with van der Waals surface area (Å²) in [4.78, 5) is 6.82. The van der Waals surface area contributed by atoms with E-state index >= 15 is 0 Å². The van der Waals surface area contributed by atoms with E-state index in [0.717, 1.165) is 37.5 Å². The molecule has 162 valence electrons. The molecule has 0 saturated carbocycles. The first-order chi connectivity index (χ1) is 14.2. The molecule has 0 aliphatic carbocycles. The lowest BCUT2D eigenvalue weighted by atomic mass is 10.1. The summed E-state index contributed by atoms with van der Waals surface area (Å²) in [6.07, 6.45) is 14.2. The van der Waals surface area contributed by atoms with Crippen LogP contribution in [0.3, 0.4) is 0 Å². The summed E-state index contributed by atoms with van der Waals surface area (Å²) in [6, 6.07) is 0. The molecule has 0 N–H and O–H groups in total. The minimum absolute atomic E-state index is 0.623. The van der Waals surface area contributed by atoms with Gasteiger partial charge in [0.25, 0.3) is 0 Å². The molecule has 0 radical (unpaired) electrons. The second-order valence-electron chi connectivity index (χ2n) is 6.62. The molecule has 0 aromatic carbocycles. The lowest BCUT2D eigenvalue weighted by Crippen LogP contribution is -2.33. The lowest BCUT2D eigenvalue weighted by molar-refractivity contribution is 0.190. The third-order valence-electron chi connectivity index (χ3n) is 4.56. The van der Waals surface area contributed by atoms with E-state index in [1.165, 1.54) is 30.2 Å². The van der Waals surface area contributed by atoms with Crippen LogP contribution in [0, 0.1) is 0 Å². The highest BCUT2D eigenvalue weighted by Crippen LogP contribution is 2.18. The van der Waals surface area contributed by atoms with Gasteiger partial charge < -0.3 is 14.4 Å². The third-order valence-corrected chi connectivity index (χ3v) is 5.50. The van der Waals surface area contributed by atoms with Gasteiger partial charge in [-0.3, -0.25) is 4.99 Å². The average Bonchev–Trinajstić information content (AvgIpc) is 2.75. The maximum Gasteiger partial charge on any atom is 0.193 e. The Bertz CT molecular complexity index is 627. The number of allylic oxidation sites excluding steroid dienone is 6. The zero-order valence-electron chi connectivity index (χ0n) is 18.7. The Morgan fingerprint density at radius 1 is 1.24 bits per heavy atom. The van der Waals surface area contributed by atoms with Crippen LogP contribution in [0.15, 0.2) is 65.1 Å². The third kappa shape index (κ3) is 10.6. The first-order valence-electron chi connectivity index (χ1n) is 10.6. The van der Waals surface area contributed by atoms with Gasteiger partial charge in [0.2, 0.25) is 0 Å². The van der Waals surface area contributed by atoms with E-state index in [1.807, 2.05) is 32.1 Å². The predicted molar refractivity (Wildman–Crippen MR) is 129 cm³/mol. The summed E-state index contributed by atoms with van der Waals surface area (Å²) < 4.78 is 12.0. The molecular formula is C24H38N2O2S. The van der Waals surface area contributed by atoms with Crippen molar-refractivity contribution < 1.29 is 9.47 Å². The van der Waals surface area contributed by atoms with Crippen molar-refractivity contribution in [2.24, 2.45) is 4.99 Å². The highest BCUT2D eigenvalue weighted by molar-refractivity contribution is 7.99. The molecule has 0 spiro atoms. The maximum atomic E-state index is 6.10. The van der Waals surface area contributed by atoms with E-state index in [2.05, 4.69) is 47.3 Å². The largest absolute Gasteiger partial charge is 0.494 e. The number of ether oxygens (including phenoxy) is 2. The Morgan fingerprint density at radius 3 is 2.59 bits per heavy atom. The van der Waals surface area contributed by atoms with Gasteiger partial charge in [-0.05, 0) is 50.5 Å². The van der Waals surface area contributed by atoms with E-state index in [-0.39, 0.29) is 0 Å². The highest BCUT2D eigenvalue weighted by Gasteiger charge is 2.10. The minimum Gasteiger partial charge on any atom is -0.494 e. The van der Waals surface area contributed by atoms with Gasteiger partial charge in [-0.2, -0.15) is 11.8 Å². The fourth-order valence-corrected chi connectivity index (χ4v) is 3.98. The standard InChI is InChI=1S/C24H38N2O2S/c1-6-11-22(12-7-2)28-24(25-5)14-13-21(8-3)23(9-4)27-18-10-15-26-16-19-29-20-17-26/h6-7,9,11-13H,1,8,10,14-20H2,2-5H3/b12-7-,21-13-,22-11+,23-9+,25-24?. The van der Waals surface area contributed by atoms with E-state index in [4.69, 9.17) is 9.47 Å². The van der Waals surface area contributed by atoms with Crippen molar-refractivity contribution in [3.05, 3.63) is 60.1 Å². The molecule has 1 aliphatic rings. The van der Waals surface area contributed by atoms with Crippen LogP contribution in [0.5, 0.6) is 0 Å². The zero-order chi connectivity index (χ0) is 21.3. The quantitative estimate of drug-likeness (QED) is 0.133. The van der Waals surface area contributed by atoms with Crippen molar-refractivity contribution in [2.45, 2.75) is 40.0 Å². The van der Waals surface area contributed by atoms with Crippen LogP contribution < -0.4 is 0 Å². The minimum atomic E-state index is 0.623. The monoisotopic (exact) mass is 418 g/mol. The molecule has 1 fully saturated rings. The van der Waals surface area contributed by atoms with Gasteiger partial charge in [-0.15, -0.1) is 0 Å². The molecule has 1 rings (SSSR count). The van der Waals surface area contributed by atoms with Gasteiger partial charge in [0.1, 0.15) is 11.5 Å². The number of rotatable bonds is 12. The van der Waals surface area contributed by atoms with Gasteiger partial charge in [-0.1, -0.05) is 31.7 Å². The van der Waals surface area contributed by atoms with Crippen molar-refractivity contribution in [3.63, 3.8) is 0 Å². The number of hydrogen-bond donors (Lipinski definition) is 0. The topological polar surface area (TPSA) is 34.1 Å². The Kier molecular flexibility index (Phi) is 14.1. The lowest BCUT2D eigenvalue weighted by Gasteiger charge is -2.26. The summed E-state index contributed by atoms with van der Waals surface area (Å²) in [7, 11) is 1.75. The molecule has 29 heavy (non-hydrogen) atoms. The summed E-state index contributed by atoms with van der Waals surface area (Å²) in [5.74, 6) is 4.87. The molecule has 5 heteroatoms. The summed E-state index contributed by atoms with van der Waals surface area (Å²) in [5, 5.41) is 0. The van der Waals surface area contributed by atoms with E-state index in [0.29, 0.717) is 12.3 Å². The van der Waals surface area contributed by atoms with Crippen molar-refractivity contribution >= 4 is 17.7 Å². The number of thioether (sulfide) groups is 1. The number of nitrogens with zero attached hydrogens (tertiary/aromatic N) is 2. The molecule has 0 unspecified atom stereocenters. The second-order valence-corrected chi connectivity index (χ2v) is 7.84. The van der Waals surface area contributed by atoms with Gasteiger partial charge >= 0.3 is 0 Å². The fraction of sp³-hybridized carbons (Fsp3) is 0.542. The van der Waals surface area contributed by atoms with Crippen LogP contribution in [0.4, 0.5) is 0 Å². The molecular weight excluding hydrogens is 380 g/mol. The van der Waals surface area contributed by atoms with Crippen LogP contribution in [0.25, 0.3) is 0 Å². The Balaban J connectivity index is 2.58. The van der Waals surface area contributed by atoms with Crippen molar-refractivity contribution in [1.82, 2.24) is 4.90 Å². The Labute approximate surface area is 182 Å². The molecule has 0 atom stereocenters. The van der Waals surface area contributed by atoms with E-state index in [9.17, 15) is 0 Å². The molecule has 1 saturated heterocycles. The fourth-order valence-electron chi connectivity index (χ4n) is 3.00. The van der Waals surface area contributed by atoms with E-state index in [1.54, 1.807) is 13.1 Å². The SMILES string of the molecule is C=C/C=C(\C=C/C)OC(C/C=C(CC)\C(=C/C)OCCCN1CCSCC1)=NC. The maximum absolute atomic E-state index is 6.10. The highest BCUT2D eigenvalue weighted by atomic mass is 32.2. The Hall–Kier alpha value is -1.72. The summed E-state index contributed by atoms with van der Waals surface area (Å²) >= 11 is 2.05. The normalized spacial score (nSPS) is 17.7. The first kappa shape index (κ1) is 25.3. The molecule has 0 amide bonds. The Morgan fingerprint density at radius 2 is 2.00 bits per heavy atom.